The van der Waals surface area contributed by atoms with Gasteiger partial charge in [0.15, 0.2) is 0 Å². The minimum Gasteiger partial charge on any atom is -0.495 e. The van der Waals surface area contributed by atoms with E-state index in [9.17, 15) is 8.42 Å². The van der Waals surface area contributed by atoms with Gasteiger partial charge in [0.25, 0.3) is 0 Å². The second-order valence-corrected chi connectivity index (χ2v) is 6.50. The molecule has 0 heterocycles. The van der Waals surface area contributed by atoms with Crippen LogP contribution >= 0.6 is 0 Å². The number of ether oxygens (including phenoxy) is 1. The van der Waals surface area contributed by atoms with Crippen molar-refractivity contribution in [3.8, 4) is 5.75 Å². The zero-order valence-corrected chi connectivity index (χ0v) is 12.0. The molecule has 1 aromatic rings. The van der Waals surface area contributed by atoms with Gasteiger partial charge in [-0.1, -0.05) is 19.4 Å². The van der Waals surface area contributed by atoms with E-state index in [0.717, 1.165) is 18.4 Å². The van der Waals surface area contributed by atoms with Gasteiger partial charge in [0.2, 0.25) is 10.0 Å². The highest BCUT2D eigenvalue weighted by Crippen LogP contribution is 2.35. The third-order valence-electron chi connectivity index (χ3n) is 3.51. The molecule has 6 heteroatoms. The van der Waals surface area contributed by atoms with Gasteiger partial charge in [0.1, 0.15) is 10.6 Å². The van der Waals surface area contributed by atoms with Gasteiger partial charge in [-0.15, -0.1) is 0 Å². The second kappa shape index (κ2) is 5.48. The van der Waals surface area contributed by atoms with Crippen molar-refractivity contribution in [2.75, 3.05) is 7.11 Å². The van der Waals surface area contributed by atoms with E-state index >= 15 is 0 Å². The standard InChI is InChI=1S/C13H20N2O3S/c1-3-10-7-11(10)15-19(16,17)13-5-4-9(8-14)6-12(13)18-2/h4-6,10-11,15H,3,7-8,14H2,1-2H3. The molecule has 2 rings (SSSR count). The lowest BCUT2D eigenvalue weighted by atomic mass is 10.2. The Kier molecular flexibility index (Phi) is 4.13. The van der Waals surface area contributed by atoms with E-state index in [1.54, 1.807) is 18.2 Å². The third-order valence-corrected chi connectivity index (χ3v) is 5.04. The van der Waals surface area contributed by atoms with Crippen LogP contribution in [0.1, 0.15) is 25.3 Å². The highest BCUT2D eigenvalue weighted by molar-refractivity contribution is 7.89. The smallest absolute Gasteiger partial charge is 0.244 e. The predicted molar refractivity (Wildman–Crippen MR) is 73.4 cm³/mol. The summed E-state index contributed by atoms with van der Waals surface area (Å²) in [7, 11) is -2.06. The first kappa shape index (κ1) is 14.3. The summed E-state index contributed by atoms with van der Waals surface area (Å²) in [6.07, 6.45) is 1.91. The highest BCUT2D eigenvalue weighted by Gasteiger charge is 2.39. The molecule has 3 N–H and O–H groups in total. The Morgan fingerprint density at radius 2 is 2.21 bits per heavy atom. The molecule has 19 heavy (non-hydrogen) atoms. The zero-order chi connectivity index (χ0) is 14.0. The van der Waals surface area contributed by atoms with Crippen LogP contribution in [0.5, 0.6) is 5.75 Å². The van der Waals surface area contributed by atoms with Crippen molar-refractivity contribution in [2.45, 2.75) is 37.2 Å². The molecule has 0 amide bonds. The first-order valence-electron chi connectivity index (χ1n) is 6.41. The normalized spacial score (nSPS) is 22.3. The molecule has 0 spiro atoms. The van der Waals surface area contributed by atoms with Crippen molar-refractivity contribution >= 4 is 10.0 Å². The van der Waals surface area contributed by atoms with Crippen LogP contribution in [0.15, 0.2) is 23.1 Å². The molecule has 0 radical (unpaired) electrons. The summed E-state index contributed by atoms with van der Waals surface area (Å²) in [5.41, 5.74) is 6.38. The SMILES string of the molecule is CCC1CC1NS(=O)(=O)c1ccc(CN)cc1OC. The summed E-state index contributed by atoms with van der Waals surface area (Å²) < 4.78 is 32.5. The second-order valence-electron chi connectivity index (χ2n) is 4.82. The molecule has 0 bridgehead atoms. The number of methoxy groups -OCH3 is 1. The first-order valence-corrected chi connectivity index (χ1v) is 7.89. The van der Waals surface area contributed by atoms with Crippen LogP contribution < -0.4 is 15.2 Å². The van der Waals surface area contributed by atoms with E-state index < -0.39 is 10.0 Å². The van der Waals surface area contributed by atoms with E-state index in [4.69, 9.17) is 10.5 Å². The van der Waals surface area contributed by atoms with Crippen molar-refractivity contribution in [3.05, 3.63) is 23.8 Å². The average Bonchev–Trinajstić information content (AvgIpc) is 3.15. The summed E-state index contributed by atoms with van der Waals surface area (Å²) in [6.45, 7) is 2.42. The van der Waals surface area contributed by atoms with Gasteiger partial charge >= 0.3 is 0 Å². The van der Waals surface area contributed by atoms with E-state index in [1.165, 1.54) is 7.11 Å². The summed E-state index contributed by atoms with van der Waals surface area (Å²) in [5, 5.41) is 0. The van der Waals surface area contributed by atoms with Crippen LogP contribution in [0.4, 0.5) is 0 Å². The minimum absolute atomic E-state index is 0.0638. The van der Waals surface area contributed by atoms with Crippen LogP contribution in [0.25, 0.3) is 0 Å². The quantitative estimate of drug-likeness (QED) is 0.823. The highest BCUT2D eigenvalue weighted by atomic mass is 32.2. The van der Waals surface area contributed by atoms with Gasteiger partial charge in [-0.2, -0.15) is 0 Å². The Hall–Kier alpha value is -1.11. The number of rotatable bonds is 6. The van der Waals surface area contributed by atoms with Crippen LogP contribution in [0.2, 0.25) is 0 Å². The molecule has 0 aromatic heterocycles. The molecule has 5 nitrogen and oxygen atoms in total. The minimum atomic E-state index is -3.52. The topological polar surface area (TPSA) is 81.4 Å². The zero-order valence-electron chi connectivity index (χ0n) is 11.2. The molecular formula is C13H20N2O3S. The van der Waals surface area contributed by atoms with Crippen LogP contribution in [-0.2, 0) is 16.6 Å². The Morgan fingerprint density at radius 1 is 1.47 bits per heavy atom. The molecule has 1 aliphatic rings. The number of hydrogen-bond donors (Lipinski definition) is 2. The molecule has 106 valence electrons. The maximum absolute atomic E-state index is 12.3. The Morgan fingerprint density at radius 3 is 2.74 bits per heavy atom. The van der Waals surface area contributed by atoms with E-state index in [-0.39, 0.29) is 10.9 Å². The van der Waals surface area contributed by atoms with Crippen LogP contribution in [-0.4, -0.2) is 21.6 Å². The lowest BCUT2D eigenvalue weighted by Gasteiger charge is -2.11. The fourth-order valence-corrected chi connectivity index (χ4v) is 3.64. The molecule has 2 unspecified atom stereocenters. The molecule has 1 fully saturated rings. The fourth-order valence-electron chi connectivity index (χ4n) is 2.17. The summed E-state index contributed by atoms with van der Waals surface area (Å²) in [5.74, 6) is 0.799. The number of sulfonamides is 1. The number of benzene rings is 1. The van der Waals surface area contributed by atoms with Crippen molar-refractivity contribution in [1.29, 1.82) is 0 Å². The molecule has 0 aliphatic heterocycles. The summed E-state index contributed by atoms with van der Waals surface area (Å²) >= 11 is 0. The maximum Gasteiger partial charge on any atom is 0.244 e. The van der Waals surface area contributed by atoms with Crippen LogP contribution in [0.3, 0.4) is 0 Å². The van der Waals surface area contributed by atoms with E-state index in [1.807, 2.05) is 0 Å². The van der Waals surface area contributed by atoms with Crippen molar-refractivity contribution in [3.63, 3.8) is 0 Å². The Labute approximate surface area is 114 Å². The third kappa shape index (κ3) is 3.08. The van der Waals surface area contributed by atoms with Crippen molar-refractivity contribution in [2.24, 2.45) is 11.7 Å². The molecule has 2 atom stereocenters. The van der Waals surface area contributed by atoms with Gasteiger partial charge in [-0.3, -0.25) is 0 Å². The number of nitrogens with one attached hydrogen (secondary N) is 1. The average molecular weight is 284 g/mol. The lowest BCUT2D eigenvalue weighted by Crippen LogP contribution is -2.27. The van der Waals surface area contributed by atoms with Gasteiger partial charge < -0.3 is 10.5 Å². The van der Waals surface area contributed by atoms with Gasteiger partial charge in [0, 0.05) is 12.6 Å². The first-order chi connectivity index (χ1) is 9.01. The molecule has 1 saturated carbocycles. The Bertz CT molecular complexity index is 557. The number of hydrogen-bond acceptors (Lipinski definition) is 4. The molecule has 1 aromatic carbocycles. The summed E-state index contributed by atoms with van der Waals surface area (Å²) in [6, 6.07) is 4.99. The number of nitrogens with two attached hydrogens (primary N) is 1. The maximum atomic E-state index is 12.3. The predicted octanol–water partition coefficient (Wildman–Crippen LogP) is 1.23. The largest absolute Gasteiger partial charge is 0.495 e. The van der Waals surface area contributed by atoms with Crippen LogP contribution in [0, 0.1) is 5.92 Å². The van der Waals surface area contributed by atoms with Gasteiger partial charge in [-0.25, -0.2) is 13.1 Å². The molecule has 1 aliphatic carbocycles. The monoisotopic (exact) mass is 284 g/mol. The van der Waals surface area contributed by atoms with E-state index in [0.29, 0.717) is 18.2 Å². The lowest BCUT2D eigenvalue weighted by molar-refractivity contribution is 0.401. The Balaban J connectivity index is 2.24. The summed E-state index contributed by atoms with van der Waals surface area (Å²) in [4.78, 5) is 0.175. The molecule has 0 saturated heterocycles. The van der Waals surface area contributed by atoms with E-state index in [2.05, 4.69) is 11.6 Å². The van der Waals surface area contributed by atoms with Crippen molar-refractivity contribution < 1.29 is 13.2 Å². The van der Waals surface area contributed by atoms with Gasteiger partial charge in [-0.05, 0) is 30.0 Å². The van der Waals surface area contributed by atoms with Crippen molar-refractivity contribution in [1.82, 2.24) is 4.72 Å². The van der Waals surface area contributed by atoms with Gasteiger partial charge in [0.05, 0.1) is 7.11 Å². The fraction of sp³-hybridized carbons (Fsp3) is 0.538. The molecular weight excluding hydrogens is 264 g/mol.